The minimum Gasteiger partial charge on any atom is -0.313 e. The Labute approximate surface area is 119 Å². The van der Waals surface area contributed by atoms with E-state index in [0.29, 0.717) is 0 Å². The van der Waals surface area contributed by atoms with Crippen LogP contribution >= 0.6 is 11.6 Å². The lowest BCUT2D eigenvalue weighted by molar-refractivity contribution is 0.675. The molecule has 0 unspecified atom stereocenters. The van der Waals surface area contributed by atoms with E-state index in [-0.39, 0.29) is 0 Å². The quantitative estimate of drug-likeness (QED) is 0.846. The molecular formula is C15H20ClN3. The predicted molar refractivity (Wildman–Crippen MR) is 80.0 cm³/mol. The minimum atomic E-state index is 0.786. The fourth-order valence-electron chi connectivity index (χ4n) is 2.10. The van der Waals surface area contributed by atoms with Crippen LogP contribution in [0.25, 0.3) is 5.69 Å². The molecule has 2 rings (SSSR count). The second-order valence-electron chi connectivity index (χ2n) is 4.79. The van der Waals surface area contributed by atoms with Crippen molar-refractivity contribution in [2.24, 2.45) is 0 Å². The molecule has 0 radical (unpaired) electrons. The summed E-state index contributed by atoms with van der Waals surface area (Å²) in [4.78, 5) is 0. The second-order valence-corrected chi connectivity index (χ2v) is 5.20. The van der Waals surface area contributed by atoms with E-state index in [9.17, 15) is 0 Å². The number of nitrogens with one attached hydrogen (secondary N) is 1. The zero-order chi connectivity index (χ0) is 13.8. The van der Waals surface area contributed by atoms with E-state index < -0.39 is 0 Å². The van der Waals surface area contributed by atoms with Gasteiger partial charge in [-0.25, -0.2) is 4.68 Å². The Morgan fingerprint density at radius 1 is 1.26 bits per heavy atom. The van der Waals surface area contributed by atoms with Crippen molar-refractivity contribution < 1.29 is 0 Å². The average molecular weight is 278 g/mol. The summed E-state index contributed by atoms with van der Waals surface area (Å²) in [7, 11) is 0. The highest BCUT2D eigenvalue weighted by molar-refractivity contribution is 6.31. The van der Waals surface area contributed by atoms with Crippen LogP contribution < -0.4 is 5.32 Å². The van der Waals surface area contributed by atoms with Gasteiger partial charge in [-0.2, -0.15) is 5.10 Å². The lowest BCUT2D eigenvalue weighted by atomic mass is 10.2. The van der Waals surface area contributed by atoms with Crippen LogP contribution in [0.2, 0.25) is 5.02 Å². The first-order chi connectivity index (χ1) is 9.11. The molecule has 0 aliphatic carbocycles. The molecule has 1 aromatic carbocycles. The topological polar surface area (TPSA) is 29.9 Å². The molecule has 3 nitrogen and oxygen atoms in total. The number of benzene rings is 1. The van der Waals surface area contributed by atoms with Gasteiger partial charge in [0.05, 0.1) is 11.4 Å². The monoisotopic (exact) mass is 277 g/mol. The first-order valence-corrected chi connectivity index (χ1v) is 7.02. The summed E-state index contributed by atoms with van der Waals surface area (Å²) < 4.78 is 1.92. The maximum Gasteiger partial charge on any atom is 0.0663 e. The largest absolute Gasteiger partial charge is 0.313 e. The van der Waals surface area contributed by atoms with Gasteiger partial charge in [-0.1, -0.05) is 24.6 Å². The fourth-order valence-corrected chi connectivity index (χ4v) is 2.34. The molecule has 0 aliphatic heterocycles. The van der Waals surface area contributed by atoms with Crippen molar-refractivity contribution in [3.63, 3.8) is 0 Å². The van der Waals surface area contributed by atoms with Crippen molar-refractivity contribution in [2.75, 3.05) is 6.54 Å². The van der Waals surface area contributed by atoms with Crippen molar-refractivity contribution in [3.05, 3.63) is 46.2 Å². The number of hydrogen-bond donors (Lipinski definition) is 1. The smallest absolute Gasteiger partial charge is 0.0663 e. The maximum atomic E-state index is 6.34. The molecule has 0 bridgehead atoms. The third kappa shape index (κ3) is 3.37. The molecule has 0 amide bonds. The van der Waals surface area contributed by atoms with Crippen molar-refractivity contribution in [1.29, 1.82) is 0 Å². The molecule has 4 heteroatoms. The molecule has 0 aliphatic rings. The van der Waals surface area contributed by atoms with Crippen LogP contribution in [0.3, 0.4) is 0 Å². The molecule has 0 spiro atoms. The van der Waals surface area contributed by atoms with Crippen molar-refractivity contribution in [2.45, 2.75) is 33.7 Å². The maximum absolute atomic E-state index is 6.34. The van der Waals surface area contributed by atoms with E-state index in [1.165, 1.54) is 0 Å². The van der Waals surface area contributed by atoms with Crippen LogP contribution in [-0.4, -0.2) is 16.3 Å². The van der Waals surface area contributed by atoms with Crippen LogP contribution in [0.15, 0.2) is 24.3 Å². The zero-order valence-corrected chi connectivity index (χ0v) is 12.5. The summed E-state index contributed by atoms with van der Waals surface area (Å²) >= 11 is 6.34. The Bertz CT molecular complexity index is 561. The fraction of sp³-hybridized carbons (Fsp3) is 0.400. The standard InChI is InChI=1S/C15H20ClN3/c1-4-7-17-10-13-5-6-14(9-15(13)16)19-12(3)8-11(2)18-19/h5-6,8-9,17H,4,7,10H2,1-3H3. The zero-order valence-electron chi connectivity index (χ0n) is 11.7. The Balaban J connectivity index is 2.21. The van der Waals surface area contributed by atoms with Gasteiger partial charge in [-0.05, 0) is 50.6 Å². The van der Waals surface area contributed by atoms with Gasteiger partial charge in [0.25, 0.3) is 0 Å². The van der Waals surface area contributed by atoms with Gasteiger partial charge in [-0.3, -0.25) is 0 Å². The Morgan fingerprint density at radius 3 is 2.63 bits per heavy atom. The number of aromatic nitrogens is 2. The van der Waals surface area contributed by atoms with Gasteiger partial charge in [0, 0.05) is 17.3 Å². The van der Waals surface area contributed by atoms with Crippen LogP contribution in [0.5, 0.6) is 0 Å². The second kappa shape index (κ2) is 6.22. The summed E-state index contributed by atoms with van der Waals surface area (Å²) in [5, 5.41) is 8.61. The van der Waals surface area contributed by atoms with Gasteiger partial charge in [0.2, 0.25) is 0 Å². The van der Waals surface area contributed by atoms with Crippen LogP contribution in [-0.2, 0) is 6.54 Å². The van der Waals surface area contributed by atoms with Crippen LogP contribution in [0, 0.1) is 13.8 Å². The Hall–Kier alpha value is -1.32. The molecule has 0 fully saturated rings. The highest BCUT2D eigenvalue weighted by Gasteiger charge is 2.06. The average Bonchev–Trinajstić information content (AvgIpc) is 2.71. The van der Waals surface area contributed by atoms with Crippen molar-refractivity contribution >= 4 is 11.6 Å². The van der Waals surface area contributed by atoms with Crippen molar-refractivity contribution in [3.8, 4) is 5.69 Å². The van der Waals surface area contributed by atoms with Crippen molar-refractivity contribution in [1.82, 2.24) is 15.1 Å². The van der Waals surface area contributed by atoms with E-state index in [2.05, 4.69) is 35.5 Å². The Kier molecular flexibility index (Phi) is 4.61. The molecule has 2 aromatic rings. The van der Waals surface area contributed by atoms with Crippen LogP contribution in [0.4, 0.5) is 0 Å². The number of hydrogen-bond acceptors (Lipinski definition) is 2. The summed E-state index contributed by atoms with van der Waals surface area (Å²) in [6, 6.07) is 8.17. The molecule has 1 aromatic heterocycles. The SMILES string of the molecule is CCCNCc1ccc(-n2nc(C)cc2C)cc1Cl. The predicted octanol–water partition coefficient (Wildman–Crippen LogP) is 3.64. The lowest BCUT2D eigenvalue weighted by Crippen LogP contribution is -2.14. The molecule has 0 atom stereocenters. The van der Waals surface area contributed by atoms with Gasteiger partial charge in [0.1, 0.15) is 0 Å². The third-order valence-electron chi connectivity index (χ3n) is 3.03. The molecule has 1 N–H and O–H groups in total. The molecule has 1 heterocycles. The van der Waals surface area contributed by atoms with Crippen LogP contribution in [0.1, 0.15) is 30.3 Å². The Morgan fingerprint density at radius 2 is 2.05 bits per heavy atom. The van der Waals surface area contributed by atoms with Gasteiger partial charge in [-0.15, -0.1) is 0 Å². The van der Waals surface area contributed by atoms with E-state index in [4.69, 9.17) is 11.6 Å². The van der Waals surface area contributed by atoms with Gasteiger partial charge < -0.3 is 5.32 Å². The van der Waals surface area contributed by atoms with E-state index in [0.717, 1.165) is 47.2 Å². The highest BCUT2D eigenvalue weighted by atomic mass is 35.5. The van der Waals surface area contributed by atoms with E-state index >= 15 is 0 Å². The summed E-state index contributed by atoms with van der Waals surface area (Å²) in [6.45, 7) is 8.01. The number of halogens is 1. The van der Waals surface area contributed by atoms with Gasteiger partial charge >= 0.3 is 0 Å². The summed E-state index contributed by atoms with van der Waals surface area (Å²) in [5.41, 5.74) is 4.27. The molecule has 102 valence electrons. The summed E-state index contributed by atoms with van der Waals surface area (Å²) in [6.07, 6.45) is 1.13. The number of aryl methyl sites for hydroxylation is 2. The summed E-state index contributed by atoms with van der Waals surface area (Å²) in [5.74, 6) is 0. The molecule has 0 saturated carbocycles. The highest BCUT2D eigenvalue weighted by Crippen LogP contribution is 2.21. The first-order valence-electron chi connectivity index (χ1n) is 6.64. The normalized spacial score (nSPS) is 10.9. The van der Waals surface area contributed by atoms with E-state index in [1.807, 2.05) is 24.6 Å². The first kappa shape index (κ1) is 14.1. The number of nitrogens with zero attached hydrogens (tertiary/aromatic N) is 2. The number of rotatable bonds is 5. The minimum absolute atomic E-state index is 0.786. The molecule has 19 heavy (non-hydrogen) atoms. The van der Waals surface area contributed by atoms with E-state index in [1.54, 1.807) is 0 Å². The lowest BCUT2D eigenvalue weighted by Gasteiger charge is -2.09. The van der Waals surface area contributed by atoms with Gasteiger partial charge in [0.15, 0.2) is 0 Å². The third-order valence-corrected chi connectivity index (χ3v) is 3.38. The molecule has 0 saturated heterocycles. The molecular weight excluding hydrogens is 258 g/mol.